The molecule has 30 atom stereocenters. The van der Waals surface area contributed by atoms with Crippen LogP contribution in [-0.2, 0) is 76.0 Å². The summed E-state index contributed by atoms with van der Waals surface area (Å²) in [5.41, 5.74) is 0. The van der Waals surface area contributed by atoms with E-state index < -0.39 is 224 Å². The Balaban J connectivity index is 0.000000361. The predicted molar refractivity (Wildman–Crippen MR) is 330 cm³/mol. The minimum Gasteiger partial charge on any atom is -0.394 e. The number of Topliss-reactive ketones (excluding diaryl/α,β-unsaturated/α-hetero) is 1. The highest BCUT2D eigenvalue weighted by Gasteiger charge is 2.55. The maximum Gasteiger partial charge on any atom is 0.220 e. The Morgan fingerprint density at radius 1 is 0.300 bits per heavy atom. The van der Waals surface area contributed by atoms with Gasteiger partial charge in [0, 0.05) is 51.7 Å². The fourth-order valence-corrected chi connectivity index (χ4v) is 11.6. The quantitative estimate of drug-likeness (QED) is 0.0254. The topological polar surface area (TPSA) is 620 Å². The van der Waals surface area contributed by atoms with E-state index in [1.807, 2.05) is 13.8 Å². The lowest BCUT2D eigenvalue weighted by Crippen LogP contribution is -2.65. The van der Waals surface area contributed by atoms with E-state index >= 15 is 0 Å². The molecule has 39 heteroatoms. The maximum absolute atomic E-state index is 12.4. The SMILES string of the molecule is CCNC(=O)CCCCCCC(=O)CCCO[C@@H]1O[C@H](CO[C@H]2O[C@H](CO)[C@@H](O)[C@H](O)[C@@H]2O)[C@@H](O)[C@H](O[C@H]2O[C@H](CO)[C@@H](O)[C@H](O)[C@@H]2O)[C@H]1O.CCNC(=O)CCCCCCC(=O)NCCO[C@@H]1O[C@H](CO[C@H]2O[C@H](CO)[C@@H](O)[C@H](O)[C@@H]2O)[C@@H](O)[C@H](O[C@H]2O[C@H](CO)[C@@H](O)[C@H](O)[C@@H]2O)[C@H]1O. The van der Waals surface area contributed by atoms with Gasteiger partial charge in [0.1, 0.15) is 152 Å². The Morgan fingerprint density at radius 2 is 0.590 bits per heavy atom. The van der Waals surface area contributed by atoms with E-state index in [2.05, 4.69) is 16.0 Å². The molecule has 6 saturated heterocycles. The summed E-state index contributed by atoms with van der Waals surface area (Å²) in [4.78, 5) is 47.7. The van der Waals surface area contributed by atoms with Crippen molar-refractivity contribution < 1.29 is 178 Å². The van der Waals surface area contributed by atoms with Crippen molar-refractivity contribution in [3.63, 3.8) is 0 Å². The number of aliphatic hydroxyl groups is 20. The summed E-state index contributed by atoms with van der Waals surface area (Å²) in [6, 6.07) is 0. The summed E-state index contributed by atoms with van der Waals surface area (Å²) < 4.78 is 66.5. The molecule has 23 N–H and O–H groups in total. The van der Waals surface area contributed by atoms with Crippen LogP contribution in [0.4, 0.5) is 0 Å². The van der Waals surface area contributed by atoms with Gasteiger partial charge in [-0.05, 0) is 46.0 Å². The van der Waals surface area contributed by atoms with Gasteiger partial charge in [-0.15, -0.1) is 0 Å². The number of carbonyl (C=O) groups is 4. The molecule has 584 valence electrons. The van der Waals surface area contributed by atoms with E-state index in [4.69, 9.17) is 56.8 Å². The molecule has 0 unspecified atom stereocenters. The van der Waals surface area contributed by atoms with Gasteiger partial charge >= 0.3 is 0 Å². The van der Waals surface area contributed by atoms with Gasteiger partial charge in [0.05, 0.1) is 52.9 Å². The highest BCUT2D eigenvalue weighted by atomic mass is 16.8. The standard InChI is InChI=1S/C31H55NO18.C30H54N2O18/c1-2-32-19(36)10-6-4-3-5-8-15(35)9-7-11-45-30-27(44)28(50-31-26(43)24(41)21(38)17(13-34)48-31)22(39)18(49-30)14-46-29-25(42)23(40)20(37)16(12-33)47-29;1-2-31-17(35)7-5-3-4-6-8-18(36)32-9-10-45-29-26(44)27(50-30-25(43)23(41)20(38)15(12-34)48-30)21(39)16(49-29)13-46-28-24(42)22(40)19(37)14(11-33)47-28/h16-18,20-31,33-34,37-44H,2-14H2,1H3,(H,32,36);14-16,19-30,33-34,37-44H,2-13H2,1H3,(H,31,35)(H,32,36)/t16-,17-,18-,20-,21-,22-,23+,24+,25+,26+,27-,28+,29+,30-,31-;14-,15-,16-,19-,20-,21-,22+,23+,24+,25+,26-,27+,28+,29-,30-/m11/s1. The second-order valence-corrected chi connectivity index (χ2v) is 25.2. The lowest BCUT2D eigenvalue weighted by Gasteiger charge is -2.46. The molecule has 0 spiro atoms. The average molecular weight is 1460 g/mol. The molecular formula is C61H109N3O36. The number of ketones is 1. The lowest BCUT2D eigenvalue weighted by molar-refractivity contribution is -0.366. The molecule has 0 aromatic carbocycles. The third-order valence-corrected chi connectivity index (χ3v) is 17.6. The molecule has 6 fully saturated rings. The normalized spacial score (nSPS) is 39.3. The van der Waals surface area contributed by atoms with Crippen molar-refractivity contribution >= 4 is 23.5 Å². The van der Waals surface area contributed by atoms with Crippen LogP contribution in [0, 0.1) is 0 Å². The van der Waals surface area contributed by atoms with Crippen LogP contribution < -0.4 is 16.0 Å². The van der Waals surface area contributed by atoms with Crippen LogP contribution >= 0.6 is 0 Å². The van der Waals surface area contributed by atoms with Crippen LogP contribution in [0.15, 0.2) is 0 Å². The summed E-state index contributed by atoms with van der Waals surface area (Å²) in [5.74, 6) is -0.268. The number of carbonyl (C=O) groups excluding carboxylic acids is 4. The molecule has 0 aliphatic carbocycles. The third kappa shape index (κ3) is 25.5. The van der Waals surface area contributed by atoms with Crippen LogP contribution in [0.1, 0.15) is 104 Å². The Kier molecular flexibility index (Phi) is 39.1. The first-order chi connectivity index (χ1) is 47.7. The summed E-state index contributed by atoms with van der Waals surface area (Å²) in [6.07, 6.45) is -41.6. The predicted octanol–water partition coefficient (Wildman–Crippen LogP) is -10.7. The molecule has 6 heterocycles. The highest BCUT2D eigenvalue weighted by molar-refractivity contribution is 5.78. The van der Waals surface area contributed by atoms with Crippen LogP contribution in [0.3, 0.4) is 0 Å². The summed E-state index contributed by atoms with van der Waals surface area (Å²) in [6.45, 7) is 0.418. The number of amides is 3. The first kappa shape index (κ1) is 87.4. The van der Waals surface area contributed by atoms with Gasteiger partial charge in [0.2, 0.25) is 17.7 Å². The molecule has 0 aromatic heterocycles. The van der Waals surface area contributed by atoms with Gasteiger partial charge in [-0.3, -0.25) is 19.2 Å². The molecule has 6 rings (SSSR count). The van der Waals surface area contributed by atoms with Gasteiger partial charge < -0.3 is 175 Å². The molecule has 3 amide bonds. The summed E-state index contributed by atoms with van der Waals surface area (Å²) >= 11 is 0. The molecule has 0 aromatic rings. The summed E-state index contributed by atoms with van der Waals surface area (Å²) in [5, 5.41) is 213. The van der Waals surface area contributed by atoms with E-state index in [1.165, 1.54) is 0 Å². The zero-order valence-electron chi connectivity index (χ0n) is 56.0. The minimum absolute atomic E-state index is 0.00423. The molecular weight excluding hydrogens is 1350 g/mol. The summed E-state index contributed by atoms with van der Waals surface area (Å²) in [7, 11) is 0. The van der Waals surface area contributed by atoms with Crippen molar-refractivity contribution in [1.82, 2.24) is 16.0 Å². The first-order valence-corrected chi connectivity index (χ1v) is 34.0. The highest BCUT2D eigenvalue weighted by Crippen LogP contribution is 2.34. The number of ether oxygens (including phenoxy) is 12. The Hall–Kier alpha value is -3.20. The van der Waals surface area contributed by atoms with Gasteiger partial charge in [0.25, 0.3) is 0 Å². The Morgan fingerprint density at radius 3 is 0.940 bits per heavy atom. The first-order valence-electron chi connectivity index (χ1n) is 34.0. The number of rotatable bonds is 39. The van der Waals surface area contributed by atoms with Crippen molar-refractivity contribution in [3.05, 3.63) is 0 Å². The number of nitrogens with one attached hydrogen (secondary N) is 3. The Labute approximate surface area is 576 Å². The lowest BCUT2D eigenvalue weighted by atomic mass is 9.96. The third-order valence-electron chi connectivity index (χ3n) is 17.6. The van der Waals surface area contributed by atoms with Crippen LogP contribution in [0.2, 0.25) is 0 Å². The van der Waals surface area contributed by atoms with Crippen LogP contribution in [0.5, 0.6) is 0 Å². The second-order valence-electron chi connectivity index (χ2n) is 25.2. The smallest absolute Gasteiger partial charge is 0.220 e. The average Bonchev–Trinajstić information content (AvgIpc) is 0.793. The molecule has 0 saturated carbocycles. The number of aliphatic hydroxyl groups excluding tert-OH is 20. The van der Waals surface area contributed by atoms with Crippen LogP contribution in [-0.4, -0.2) is 382 Å². The molecule has 0 radical (unpaired) electrons. The zero-order chi connectivity index (χ0) is 73.9. The van der Waals surface area contributed by atoms with Gasteiger partial charge in [-0.2, -0.15) is 0 Å². The van der Waals surface area contributed by atoms with E-state index in [9.17, 15) is 121 Å². The monoisotopic (exact) mass is 1460 g/mol. The molecule has 6 aliphatic rings. The van der Waals surface area contributed by atoms with E-state index in [-0.39, 0.29) is 62.5 Å². The molecule has 39 nitrogen and oxygen atoms in total. The molecule has 100 heavy (non-hydrogen) atoms. The fraction of sp³-hybridized carbons (Fsp3) is 0.934. The van der Waals surface area contributed by atoms with Gasteiger partial charge in [-0.25, -0.2) is 0 Å². The fourth-order valence-electron chi connectivity index (χ4n) is 11.6. The largest absolute Gasteiger partial charge is 0.394 e. The van der Waals surface area contributed by atoms with E-state index in [1.54, 1.807) is 0 Å². The van der Waals surface area contributed by atoms with Crippen molar-refractivity contribution in [2.24, 2.45) is 0 Å². The maximum atomic E-state index is 12.4. The van der Waals surface area contributed by atoms with Crippen LogP contribution in [0.25, 0.3) is 0 Å². The van der Waals surface area contributed by atoms with Gasteiger partial charge in [-0.1, -0.05) is 25.7 Å². The Bertz CT molecular complexity index is 2170. The number of unbranched alkanes of at least 4 members (excludes halogenated alkanes) is 6. The number of hydrogen-bond acceptors (Lipinski definition) is 36. The second kappa shape index (κ2) is 44.7. The van der Waals surface area contributed by atoms with Crippen molar-refractivity contribution in [2.75, 3.05) is 72.5 Å². The zero-order valence-corrected chi connectivity index (χ0v) is 56.0. The number of hydrogen-bond donors (Lipinski definition) is 23. The van der Waals surface area contributed by atoms with Crippen molar-refractivity contribution in [3.8, 4) is 0 Å². The van der Waals surface area contributed by atoms with E-state index in [0.717, 1.165) is 38.5 Å². The van der Waals surface area contributed by atoms with Crippen molar-refractivity contribution in [2.45, 2.75) is 288 Å². The minimum atomic E-state index is -1.88. The van der Waals surface area contributed by atoms with Gasteiger partial charge in [0.15, 0.2) is 37.7 Å². The van der Waals surface area contributed by atoms with Crippen molar-refractivity contribution in [1.29, 1.82) is 0 Å². The molecule has 6 aliphatic heterocycles. The van der Waals surface area contributed by atoms with E-state index in [0.29, 0.717) is 45.2 Å². The molecule has 0 bridgehead atoms.